The van der Waals surface area contributed by atoms with Gasteiger partial charge >= 0.3 is 12.1 Å². The minimum Gasteiger partial charge on any atom is -0.481 e. The van der Waals surface area contributed by atoms with E-state index in [1.807, 2.05) is 0 Å². The van der Waals surface area contributed by atoms with E-state index >= 15 is 0 Å². The van der Waals surface area contributed by atoms with Gasteiger partial charge in [-0.3, -0.25) is 4.79 Å². The van der Waals surface area contributed by atoms with Gasteiger partial charge in [-0.05, 0) is 12.1 Å². The lowest BCUT2D eigenvalue weighted by atomic mass is 10.2. The van der Waals surface area contributed by atoms with Crippen LogP contribution in [0, 0.1) is 11.3 Å². The number of anilines is 1. The fraction of sp³-hybridized carbons (Fsp3) is 0.417. The van der Waals surface area contributed by atoms with Gasteiger partial charge in [0.2, 0.25) is 0 Å². The highest BCUT2D eigenvalue weighted by atomic mass is 19.4. The zero-order valence-corrected chi connectivity index (χ0v) is 10.9. The standard InChI is InChI=1S/C12H12F3N3O3/c1-21-8(4-10(19)20)6-17-11-7(5-16)2-3-9(18-11)12(13,14)15/h2-3,8H,4,6H2,1H3,(H,17,18)(H,19,20). The van der Waals surface area contributed by atoms with Crippen molar-refractivity contribution in [2.24, 2.45) is 0 Å². The second kappa shape index (κ2) is 6.90. The molecule has 9 heteroatoms. The predicted octanol–water partition coefficient (Wildman–Crippen LogP) is 1.87. The summed E-state index contributed by atoms with van der Waals surface area (Å²) < 4.78 is 42.6. The van der Waals surface area contributed by atoms with Gasteiger partial charge < -0.3 is 15.2 Å². The number of aliphatic carboxylic acids is 1. The molecule has 0 aliphatic carbocycles. The number of ether oxygens (including phenoxy) is 1. The van der Waals surface area contributed by atoms with Gasteiger partial charge in [-0.25, -0.2) is 4.98 Å². The summed E-state index contributed by atoms with van der Waals surface area (Å²) in [5.74, 6) is -1.37. The number of alkyl halides is 3. The molecule has 0 radical (unpaired) electrons. The highest BCUT2D eigenvalue weighted by Gasteiger charge is 2.33. The topological polar surface area (TPSA) is 95.2 Å². The van der Waals surface area contributed by atoms with Crippen molar-refractivity contribution in [2.75, 3.05) is 19.0 Å². The molecule has 0 amide bonds. The molecule has 2 N–H and O–H groups in total. The quantitative estimate of drug-likeness (QED) is 0.833. The highest BCUT2D eigenvalue weighted by Crippen LogP contribution is 2.29. The molecule has 1 unspecified atom stereocenters. The van der Waals surface area contributed by atoms with Crippen LogP contribution in [0.1, 0.15) is 17.7 Å². The van der Waals surface area contributed by atoms with Gasteiger partial charge in [0, 0.05) is 13.7 Å². The fourth-order valence-electron chi connectivity index (χ4n) is 1.49. The van der Waals surface area contributed by atoms with E-state index in [2.05, 4.69) is 10.3 Å². The Morgan fingerprint density at radius 2 is 2.24 bits per heavy atom. The summed E-state index contributed by atoms with van der Waals surface area (Å²) in [5, 5.41) is 20.0. The van der Waals surface area contributed by atoms with E-state index in [0.717, 1.165) is 6.07 Å². The average molecular weight is 303 g/mol. The Morgan fingerprint density at radius 3 is 2.71 bits per heavy atom. The van der Waals surface area contributed by atoms with E-state index in [0.29, 0.717) is 6.07 Å². The maximum absolute atomic E-state index is 12.6. The molecule has 114 valence electrons. The second-order valence-corrected chi connectivity index (χ2v) is 4.04. The molecule has 0 bridgehead atoms. The van der Waals surface area contributed by atoms with E-state index < -0.39 is 23.9 Å². The number of nitriles is 1. The van der Waals surface area contributed by atoms with Crippen LogP contribution in [0.5, 0.6) is 0 Å². The average Bonchev–Trinajstić information content (AvgIpc) is 2.41. The molecule has 0 spiro atoms. The van der Waals surface area contributed by atoms with Crippen LogP contribution in [0.25, 0.3) is 0 Å². The van der Waals surface area contributed by atoms with Crippen LogP contribution in [-0.2, 0) is 15.7 Å². The van der Waals surface area contributed by atoms with Crippen LogP contribution in [-0.4, -0.2) is 35.8 Å². The molecule has 0 aromatic carbocycles. The number of nitrogens with one attached hydrogen (secondary N) is 1. The molecular formula is C12H12F3N3O3. The number of carboxylic acid groups (broad SMARTS) is 1. The number of aromatic nitrogens is 1. The van der Waals surface area contributed by atoms with Gasteiger partial charge in [0.15, 0.2) is 0 Å². The summed E-state index contributed by atoms with van der Waals surface area (Å²) in [6.45, 7) is -0.0915. The molecule has 0 fully saturated rings. The molecule has 21 heavy (non-hydrogen) atoms. The fourth-order valence-corrected chi connectivity index (χ4v) is 1.49. The van der Waals surface area contributed by atoms with Crippen molar-refractivity contribution in [3.05, 3.63) is 23.4 Å². The molecule has 1 heterocycles. The Labute approximate surface area is 118 Å². The Balaban J connectivity index is 2.90. The van der Waals surface area contributed by atoms with Gasteiger partial charge in [-0.1, -0.05) is 0 Å². The summed E-state index contributed by atoms with van der Waals surface area (Å²) in [5.41, 5.74) is -1.22. The number of hydrogen-bond donors (Lipinski definition) is 2. The zero-order valence-electron chi connectivity index (χ0n) is 10.9. The maximum Gasteiger partial charge on any atom is 0.433 e. The number of carboxylic acids is 1. The van der Waals surface area contributed by atoms with Crippen molar-refractivity contribution in [3.8, 4) is 6.07 Å². The molecule has 6 nitrogen and oxygen atoms in total. The monoisotopic (exact) mass is 303 g/mol. The summed E-state index contributed by atoms with van der Waals surface area (Å²) in [7, 11) is 1.28. The molecule has 0 saturated heterocycles. The molecule has 0 aliphatic rings. The van der Waals surface area contributed by atoms with Gasteiger partial charge in [0.1, 0.15) is 17.6 Å². The summed E-state index contributed by atoms with van der Waals surface area (Å²) in [4.78, 5) is 13.9. The van der Waals surface area contributed by atoms with Crippen molar-refractivity contribution in [1.82, 2.24) is 4.98 Å². The van der Waals surface area contributed by atoms with Crippen molar-refractivity contribution in [1.29, 1.82) is 5.26 Å². The Kier molecular flexibility index (Phi) is 5.49. The number of methoxy groups -OCH3 is 1. The summed E-state index contributed by atoms with van der Waals surface area (Å²) >= 11 is 0. The third-order valence-corrected chi connectivity index (χ3v) is 2.54. The van der Waals surface area contributed by atoms with Gasteiger partial charge in [-0.15, -0.1) is 0 Å². The number of hydrogen-bond acceptors (Lipinski definition) is 5. The number of halogens is 3. The number of pyridine rings is 1. The van der Waals surface area contributed by atoms with E-state index in [1.165, 1.54) is 7.11 Å². The van der Waals surface area contributed by atoms with E-state index in [1.54, 1.807) is 6.07 Å². The normalized spacial score (nSPS) is 12.5. The Morgan fingerprint density at radius 1 is 1.57 bits per heavy atom. The first-order valence-corrected chi connectivity index (χ1v) is 5.74. The van der Waals surface area contributed by atoms with Crippen molar-refractivity contribution >= 4 is 11.8 Å². The van der Waals surface area contributed by atoms with Gasteiger partial charge in [0.05, 0.1) is 18.1 Å². The van der Waals surface area contributed by atoms with Crippen LogP contribution in [0.15, 0.2) is 12.1 Å². The molecule has 1 atom stereocenters. The van der Waals surface area contributed by atoms with Crippen LogP contribution >= 0.6 is 0 Å². The molecule has 1 rings (SSSR count). The SMILES string of the molecule is COC(CNc1nc(C(F)(F)F)ccc1C#N)CC(=O)O. The smallest absolute Gasteiger partial charge is 0.433 e. The zero-order chi connectivity index (χ0) is 16.0. The summed E-state index contributed by atoms with van der Waals surface area (Å²) in [6, 6.07) is 3.41. The Hall–Kier alpha value is -2.34. The van der Waals surface area contributed by atoms with Crippen molar-refractivity contribution in [2.45, 2.75) is 18.7 Å². The number of nitrogens with zero attached hydrogens (tertiary/aromatic N) is 2. The third kappa shape index (κ3) is 4.92. The van der Waals surface area contributed by atoms with E-state index in [9.17, 15) is 18.0 Å². The summed E-state index contributed by atoms with van der Waals surface area (Å²) in [6.07, 6.45) is -5.72. The maximum atomic E-state index is 12.6. The minimum absolute atomic E-state index is 0.0758. The molecule has 0 saturated carbocycles. The first kappa shape index (κ1) is 16.7. The molecular weight excluding hydrogens is 291 g/mol. The molecule has 0 aliphatic heterocycles. The first-order chi connectivity index (χ1) is 9.77. The third-order valence-electron chi connectivity index (χ3n) is 2.54. The number of rotatable bonds is 6. The lowest BCUT2D eigenvalue weighted by Crippen LogP contribution is -2.26. The van der Waals surface area contributed by atoms with Gasteiger partial charge in [-0.2, -0.15) is 18.4 Å². The largest absolute Gasteiger partial charge is 0.481 e. The first-order valence-electron chi connectivity index (χ1n) is 5.74. The van der Waals surface area contributed by atoms with Gasteiger partial charge in [0.25, 0.3) is 0 Å². The van der Waals surface area contributed by atoms with Crippen molar-refractivity contribution < 1.29 is 27.8 Å². The predicted molar refractivity (Wildman–Crippen MR) is 65.5 cm³/mol. The lowest BCUT2D eigenvalue weighted by molar-refractivity contribution is -0.141. The molecule has 1 aromatic heterocycles. The lowest BCUT2D eigenvalue weighted by Gasteiger charge is -2.16. The van der Waals surface area contributed by atoms with E-state index in [-0.39, 0.29) is 24.3 Å². The Bertz CT molecular complexity index is 555. The second-order valence-electron chi connectivity index (χ2n) is 4.04. The van der Waals surface area contributed by atoms with Crippen LogP contribution in [0.3, 0.4) is 0 Å². The number of carbonyl (C=O) groups is 1. The minimum atomic E-state index is -4.63. The highest BCUT2D eigenvalue weighted by molar-refractivity contribution is 5.67. The van der Waals surface area contributed by atoms with Crippen LogP contribution < -0.4 is 5.32 Å². The van der Waals surface area contributed by atoms with E-state index in [4.69, 9.17) is 15.1 Å². The van der Waals surface area contributed by atoms with Crippen LogP contribution in [0.2, 0.25) is 0 Å². The van der Waals surface area contributed by atoms with Crippen LogP contribution in [0.4, 0.5) is 19.0 Å². The molecule has 1 aromatic rings. The van der Waals surface area contributed by atoms with Crippen molar-refractivity contribution in [3.63, 3.8) is 0 Å².